The molecule has 3 nitrogen and oxygen atoms in total. The van der Waals surface area contributed by atoms with Crippen molar-refractivity contribution in [1.82, 2.24) is 0 Å². The molecule has 0 saturated carbocycles. The van der Waals surface area contributed by atoms with Crippen LogP contribution in [0.5, 0.6) is 11.5 Å². The van der Waals surface area contributed by atoms with Crippen molar-refractivity contribution >= 4 is 22.9 Å². The SMILES string of the molecule is ClCCCCOCC1COc2cscc2O1. The fraction of sp³-hybridized carbons (Fsp3) is 0.636. The number of halogens is 1. The van der Waals surface area contributed by atoms with Crippen LogP contribution in [0.1, 0.15) is 12.8 Å². The summed E-state index contributed by atoms with van der Waals surface area (Å²) >= 11 is 7.16. The van der Waals surface area contributed by atoms with Crippen LogP contribution in [0.3, 0.4) is 0 Å². The van der Waals surface area contributed by atoms with E-state index in [0.29, 0.717) is 19.1 Å². The highest BCUT2D eigenvalue weighted by Crippen LogP contribution is 2.35. The molecule has 5 heteroatoms. The quantitative estimate of drug-likeness (QED) is 0.583. The molecule has 2 rings (SSSR count). The van der Waals surface area contributed by atoms with Crippen LogP contribution in [-0.2, 0) is 4.74 Å². The first-order chi connectivity index (χ1) is 7.90. The lowest BCUT2D eigenvalue weighted by Crippen LogP contribution is -2.33. The number of unbranched alkanes of at least 4 members (excludes halogenated alkanes) is 1. The molecule has 1 atom stereocenters. The van der Waals surface area contributed by atoms with Crippen molar-refractivity contribution < 1.29 is 14.2 Å². The molecule has 1 aromatic rings. The lowest BCUT2D eigenvalue weighted by Gasteiger charge is -2.24. The molecule has 2 heterocycles. The van der Waals surface area contributed by atoms with Gasteiger partial charge >= 0.3 is 0 Å². The van der Waals surface area contributed by atoms with E-state index in [2.05, 4.69) is 0 Å². The Bertz CT molecular complexity index is 316. The normalized spacial score (nSPS) is 18.7. The van der Waals surface area contributed by atoms with Crippen LogP contribution in [0.25, 0.3) is 0 Å². The third kappa shape index (κ3) is 3.27. The first-order valence-electron chi connectivity index (χ1n) is 5.39. The summed E-state index contributed by atoms with van der Waals surface area (Å²) in [6.45, 7) is 1.89. The molecular formula is C11H15ClO3S. The summed E-state index contributed by atoms with van der Waals surface area (Å²) in [6, 6.07) is 0. The van der Waals surface area contributed by atoms with E-state index >= 15 is 0 Å². The van der Waals surface area contributed by atoms with Crippen LogP contribution < -0.4 is 9.47 Å². The van der Waals surface area contributed by atoms with Gasteiger partial charge in [0.25, 0.3) is 0 Å². The molecule has 0 fully saturated rings. The molecule has 90 valence electrons. The lowest BCUT2D eigenvalue weighted by molar-refractivity contribution is 0.00877. The second-order valence-electron chi connectivity index (χ2n) is 3.62. The Morgan fingerprint density at radius 3 is 3.12 bits per heavy atom. The van der Waals surface area contributed by atoms with E-state index in [1.165, 1.54) is 0 Å². The maximum absolute atomic E-state index is 5.71. The third-order valence-corrected chi connectivity index (χ3v) is 3.26. The van der Waals surface area contributed by atoms with E-state index in [9.17, 15) is 0 Å². The first kappa shape index (κ1) is 12.0. The topological polar surface area (TPSA) is 27.7 Å². The van der Waals surface area contributed by atoms with Gasteiger partial charge in [-0.05, 0) is 12.8 Å². The van der Waals surface area contributed by atoms with E-state index in [1.807, 2.05) is 10.8 Å². The van der Waals surface area contributed by atoms with Gasteiger partial charge in [-0.15, -0.1) is 22.9 Å². The largest absolute Gasteiger partial charge is 0.485 e. The van der Waals surface area contributed by atoms with Gasteiger partial charge in [-0.25, -0.2) is 0 Å². The van der Waals surface area contributed by atoms with E-state index < -0.39 is 0 Å². The Morgan fingerprint density at radius 2 is 2.25 bits per heavy atom. The van der Waals surface area contributed by atoms with Gasteiger partial charge in [0.1, 0.15) is 6.61 Å². The number of rotatable bonds is 6. The Labute approximate surface area is 104 Å². The number of ether oxygens (including phenoxy) is 3. The second-order valence-corrected chi connectivity index (χ2v) is 4.74. The summed E-state index contributed by atoms with van der Waals surface area (Å²) in [4.78, 5) is 0. The maximum Gasteiger partial charge on any atom is 0.172 e. The average Bonchev–Trinajstić information content (AvgIpc) is 2.76. The first-order valence-corrected chi connectivity index (χ1v) is 6.87. The predicted molar refractivity (Wildman–Crippen MR) is 65.0 cm³/mol. The molecule has 0 amide bonds. The third-order valence-electron chi connectivity index (χ3n) is 2.29. The van der Waals surface area contributed by atoms with Gasteiger partial charge in [0.15, 0.2) is 17.6 Å². The Balaban J connectivity index is 1.65. The fourth-order valence-corrected chi connectivity index (χ4v) is 2.32. The molecule has 0 saturated heterocycles. The zero-order valence-electron chi connectivity index (χ0n) is 8.99. The van der Waals surface area contributed by atoms with Crippen molar-refractivity contribution in [1.29, 1.82) is 0 Å². The molecule has 1 aliphatic heterocycles. The number of fused-ring (bicyclic) bond motifs is 1. The van der Waals surface area contributed by atoms with Gasteiger partial charge in [0.05, 0.1) is 6.61 Å². The summed E-state index contributed by atoms with van der Waals surface area (Å²) in [5, 5.41) is 3.90. The van der Waals surface area contributed by atoms with Crippen LogP contribution in [0, 0.1) is 0 Å². The maximum atomic E-state index is 5.71. The molecule has 1 aliphatic rings. The van der Waals surface area contributed by atoms with E-state index in [1.54, 1.807) is 11.3 Å². The smallest absolute Gasteiger partial charge is 0.172 e. The van der Waals surface area contributed by atoms with Gasteiger partial charge in [0.2, 0.25) is 0 Å². The van der Waals surface area contributed by atoms with E-state index in [0.717, 1.165) is 30.9 Å². The Hall–Kier alpha value is -0.450. The lowest BCUT2D eigenvalue weighted by atomic mass is 10.3. The molecule has 1 unspecified atom stereocenters. The van der Waals surface area contributed by atoms with E-state index in [-0.39, 0.29) is 6.10 Å². The summed E-state index contributed by atoms with van der Waals surface area (Å²) in [5.41, 5.74) is 0. The minimum absolute atomic E-state index is 0.0121. The van der Waals surface area contributed by atoms with Crippen LogP contribution in [0.15, 0.2) is 10.8 Å². The Morgan fingerprint density at radius 1 is 1.38 bits per heavy atom. The molecule has 0 radical (unpaired) electrons. The van der Waals surface area contributed by atoms with Crippen molar-refractivity contribution in [3.63, 3.8) is 0 Å². The van der Waals surface area contributed by atoms with Crippen LogP contribution in [0.4, 0.5) is 0 Å². The Kier molecular flexibility index (Phi) is 4.75. The van der Waals surface area contributed by atoms with Crippen molar-refractivity contribution in [3.8, 4) is 11.5 Å². The highest BCUT2D eigenvalue weighted by molar-refractivity contribution is 7.08. The highest BCUT2D eigenvalue weighted by atomic mass is 35.5. The van der Waals surface area contributed by atoms with Gasteiger partial charge in [-0.3, -0.25) is 0 Å². The molecule has 0 aliphatic carbocycles. The number of thiophene rings is 1. The fourth-order valence-electron chi connectivity index (χ4n) is 1.46. The van der Waals surface area contributed by atoms with Crippen molar-refractivity contribution in [2.24, 2.45) is 0 Å². The number of hydrogen-bond donors (Lipinski definition) is 0. The summed E-state index contributed by atoms with van der Waals surface area (Å²) in [5.74, 6) is 2.39. The molecule has 0 spiro atoms. The summed E-state index contributed by atoms with van der Waals surface area (Å²) in [6.07, 6.45) is 2.01. The molecular weight excluding hydrogens is 248 g/mol. The van der Waals surface area contributed by atoms with Gasteiger partial charge < -0.3 is 14.2 Å². The highest BCUT2D eigenvalue weighted by Gasteiger charge is 2.21. The molecule has 16 heavy (non-hydrogen) atoms. The summed E-state index contributed by atoms with van der Waals surface area (Å²) < 4.78 is 16.8. The van der Waals surface area contributed by atoms with Crippen LogP contribution in [0.2, 0.25) is 0 Å². The molecule has 0 aromatic carbocycles. The minimum atomic E-state index is 0.0121. The monoisotopic (exact) mass is 262 g/mol. The number of hydrogen-bond acceptors (Lipinski definition) is 4. The van der Waals surface area contributed by atoms with Gasteiger partial charge in [-0.1, -0.05) is 0 Å². The van der Waals surface area contributed by atoms with Crippen LogP contribution in [-0.4, -0.2) is 31.8 Å². The van der Waals surface area contributed by atoms with Crippen LogP contribution >= 0.6 is 22.9 Å². The molecule has 0 N–H and O–H groups in total. The zero-order chi connectivity index (χ0) is 11.2. The second kappa shape index (κ2) is 6.33. The van der Waals surface area contributed by atoms with Gasteiger partial charge in [-0.2, -0.15) is 0 Å². The standard InChI is InChI=1S/C11H15ClO3S/c12-3-1-2-4-13-5-9-6-14-10-7-16-8-11(10)15-9/h7-9H,1-6H2. The minimum Gasteiger partial charge on any atom is -0.485 e. The van der Waals surface area contributed by atoms with Crippen molar-refractivity contribution in [3.05, 3.63) is 10.8 Å². The summed E-state index contributed by atoms with van der Waals surface area (Å²) in [7, 11) is 0. The number of alkyl halides is 1. The van der Waals surface area contributed by atoms with Crippen molar-refractivity contribution in [2.75, 3.05) is 25.7 Å². The zero-order valence-corrected chi connectivity index (χ0v) is 10.6. The molecule has 1 aromatic heterocycles. The van der Waals surface area contributed by atoms with Gasteiger partial charge in [0, 0.05) is 23.2 Å². The van der Waals surface area contributed by atoms with Crippen molar-refractivity contribution in [2.45, 2.75) is 18.9 Å². The van der Waals surface area contributed by atoms with E-state index in [4.69, 9.17) is 25.8 Å². The molecule has 0 bridgehead atoms. The average molecular weight is 263 g/mol. The predicted octanol–water partition coefficient (Wildman–Crippen LogP) is 2.92.